The molecule has 2 fully saturated rings. The minimum absolute atomic E-state index is 0.134. The number of carbonyl (C=O) groups excluding carboxylic acids is 2. The number of nitrogens with two attached hydrogens (primary N) is 1. The third-order valence-corrected chi connectivity index (χ3v) is 5.67. The molecular weight excluding hydrogens is 290 g/mol. The molecule has 2 saturated carbocycles. The Morgan fingerprint density at radius 3 is 2.59 bits per heavy atom. The van der Waals surface area contributed by atoms with Crippen LogP contribution >= 0.6 is 0 Å². The zero-order chi connectivity index (χ0) is 16.3. The molecule has 22 heavy (non-hydrogen) atoms. The molecule has 2 aliphatic carbocycles. The molecule has 1 aromatic carbocycles. The van der Waals surface area contributed by atoms with Crippen LogP contribution in [-0.2, 0) is 9.59 Å². The molecule has 4 nitrogen and oxygen atoms in total. The predicted molar refractivity (Wildman–Crippen MR) is 76.6 cm³/mol. The highest BCUT2D eigenvalue weighted by molar-refractivity contribution is 6.14. The Morgan fingerprint density at radius 1 is 1.36 bits per heavy atom. The smallest absolute Gasteiger partial charge is 0.255 e. The highest BCUT2D eigenvalue weighted by Crippen LogP contribution is 2.64. The molecule has 0 radical (unpaired) electrons. The number of hydrogen-bond donors (Lipinski definition) is 1. The van der Waals surface area contributed by atoms with Gasteiger partial charge >= 0.3 is 0 Å². The zero-order valence-electron chi connectivity index (χ0n) is 12.5. The van der Waals surface area contributed by atoms with Crippen LogP contribution in [0.3, 0.4) is 0 Å². The Balaban J connectivity index is 2.04. The molecule has 0 heterocycles. The molecule has 1 aromatic rings. The number of hydrazine groups is 1. The van der Waals surface area contributed by atoms with Crippen molar-refractivity contribution in [2.45, 2.75) is 33.1 Å². The third kappa shape index (κ3) is 1.64. The van der Waals surface area contributed by atoms with Crippen molar-refractivity contribution in [2.75, 3.05) is 5.01 Å². The molecule has 1 amide bonds. The lowest BCUT2D eigenvalue weighted by Crippen LogP contribution is -2.54. The average molecular weight is 308 g/mol. The predicted octanol–water partition coefficient (Wildman–Crippen LogP) is 2.57. The number of hydrogen-bond acceptors (Lipinski definition) is 3. The molecule has 2 N–H and O–H groups in total. The monoisotopic (exact) mass is 308 g/mol. The maximum absolute atomic E-state index is 13.9. The minimum Gasteiger partial charge on any atom is -0.298 e. The molecule has 6 heteroatoms. The maximum Gasteiger partial charge on any atom is 0.255 e. The van der Waals surface area contributed by atoms with Gasteiger partial charge in [0.25, 0.3) is 5.91 Å². The van der Waals surface area contributed by atoms with Crippen LogP contribution in [0.25, 0.3) is 0 Å². The molecule has 0 spiro atoms. The van der Waals surface area contributed by atoms with E-state index in [1.165, 1.54) is 12.1 Å². The quantitative estimate of drug-likeness (QED) is 0.395. The van der Waals surface area contributed by atoms with Crippen molar-refractivity contribution in [3.63, 3.8) is 0 Å². The van der Waals surface area contributed by atoms with E-state index < -0.39 is 28.4 Å². The number of benzene rings is 1. The van der Waals surface area contributed by atoms with Crippen LogP contribution in [0.5, 0.6) is 0 Å². The van der Waals surface area contributed by atoms with Crippen molar-refractivity contribution >= 4 is 17.4 Å². The Labute approximate surface area is 127 Å². The van der Waals surface area contributed by atoms with E-state index >= 15 is 0 Å². The zero-order valence-corrected chi connectivity index (χ0v) is 12.5. The van der Waals surface area contributed by atoms with E-state index in [1.54, 1.807) is 0 Å². The van der Waals surface area contributed by atoms with Crippen molar-refractivity contribution in [3.8, 4) is 0 Å². The molecule has 2 bridgehead atoms. The van der Waals surface area contributed by atoms with E-state index in [1.807, 2.05) is 13.8 Å². The average Bonchev–Trinajstić information content (AvgIpc) is 2.83. The fourth-order valence-corrected chi connectivity index (χ4v) is 4.17. The summed E-state index contributed by atoms with van der Waals surface area (Å²) in [5, 5.41) is 0.603. The third-order valence-electron chi connectivity index (χ3n) is 5.67. The summed E-state index contributed by atoms with van der Waals surface area (Å²) in [6.07, 6.45) is 1.52. The topological polar surface area (TPSA) is 63.4 Å². The first-order chi connectivity index (χ1) is 10.2. The number of ketones is 1. The highest BCUT2D eigenvalue weighted by atomic mass is 19.2. The first-order valence-electron chi connectivity index (χ1n) is 7.30. The Hall–Kier alpha value is -1.82. The summed E-state index contributed by atoms with van der Waals surface area (Å²) in [4.78, 5) is 25.3. The second-order valence-electron chi connectivity index (χ2n) is 6.74. The number of fused-ring (bicyclic) bond motifs is 2. The lowest BCUT2D eigenvalue weighted by Gasteiger charge is -2.37. The van der Waals surface area contributed by atoms with Crippen molar-refractivity contribution < 1.29 is 18.4 Å². The first-order valence-corrected chi connectivity index (χ1v) is 7.30. The van der Waals surface area contributed by atoms with Gasteiger partial charge in [-0.05, 0) is 36.3 Å². The van der Waals surface area contributed by atoms with Crippen molar-refractivity contribution in [1.29, 1.82) is 0 Å². The van der Waals surface area contributed by atoms with E-state index in [9.17, 15) is 18.4 Å². The van der Waals surface area contributed by atoms with E-state index in [4.69, 9.17) is 5.84 Å². The molecule has 3 rings (SSSR count). The number of amides is 1. The molecule has 0 aliphatic heterocycles. The SMILES string of the molecule is CC1(C)C2CCC1(C(=O)N(N)c1cccc(F)c1F)C(=O)C2. The fraction of sp³-hybridized carbons (Fsp3) is 0.500. The van der Waals surface area contributed by atoms with Crippen LogP contribution in [0.15, 0.2) is 18.2 Å². The van der Waals surface area contributed by atoms with E-state index in [-0.39, 0.29) is 17.4 Å². The van der Waals surface area contributed by atoms with Gasteiger partial charge in [-0.2, -0.15) is 0 Å². The molecule has 118 valence electrons. The number of Topliss-reactive ketones (excluding diaryl/α,β-unsaturated/α-hetero) is 1. The standard InChI is InChI=1S/C16H18F2N2O2/c1-15(2)9-6-7-16(15,12(21)8-9)14(22)20(19)11-5-3-4-10(17)13(11)18/h3-5,9H,6-8,19H2,1-2H3. The Bertz CT molecular complexity index is 674. The normalized spacial score (nSPS) is 29.0. The van der Waals surface area contributed by atoms with E-state index in [2.05, 4.69) is 0 Å². The summed E-state index contributed by atoms with van der Waals surface area (Å²) >= 11 is 0. The molecule has 2 unspecified atom stereocenters. The summed E-state index contributed by atoms with van der Waals surface area (Å²) in [6.45, 7) is 3.76. The van der Waals surface area contributed by atoms with Gasteiger partial charge in [0, 0.05) is 6.42 Å². The van der Waals surface area contributed by atoms with Gasteiger partial charge in [0.2, 0.25) is 0 Å². The molecule has 0 aromatic heterocycles. The van der Waals surface area contributed by atoms with Crippen molar-refractivity contribution in [2.24, 2.45) is 22.6 Å². The Kier molecular flexibility index (Phi) is 3.15. The van der Waals surface area contributed by atoms with E-state index in [0.717, 1.165) is 12.5 Å². The van der Waals surface area contributed by atoms with Crippen LogP contribution < -0.4 is 10.9 Å². The van der Waals surface area contributed by atoms with Gasteiger partial charge < -0.3 is 0 Å². The number of nitrogens with zero attached hydrogens (tertiary/aromatic N) is 1. The summed E-state index contributed by atoms with van der Waals surface area (Å²) < 4.78 is 27.3. The first kappa shape index (κ1) is 15.1. The Morgan fingerprint density at radius 2 is 2.05 bits per heavy atom. The number of rotatable bonds is 2. The van der Waals surface area contributed by atoms with Gasteiger partial charge in [0.15, 0.2) is 11.6 Å². The largest absolute Gasteiger partial charge is 0.298 e. The van der Waals surface area contributed by atoms with E-state index in [0.29, 0.717) is 17.9 Å². The summed E-state index contributed by atoms with van der Waals surface area (Å²) in [6, 6.07) is 3.45. The molecule has 2 atom stereocenters. The van der Waals surface area contributed by atoms with Gasteiger partial charge in [0.1, 0.15) is 11.2 Å². The number of anilines is 1. The summed E-state index contributed by atoms with van der Waals surface area (Å²) in [5.74, 6) is 2.84. The molecule has 2 aliphatic rings. The van der Waals surface area contributed by atoms with Crippen molar-refractivity contribution in [3.05, 3.63) is 29.8 Å². The van der Waals surface area contributed by atoms with Gasteiger partial charge in [0.05, 0.1) is 5.69 Å². The summed E-state index contributed by atoms with van der Waals surface area (Å²) in [5.41, 5.74) is -2.10. The molecule has 0 saturated heterocycles. The summed E-state index contributed by atoms with van der Waals surface area (Å²) in [7, 11) is 0. The lowest BCUT2D eigenvalue weighted by molar-refractivity contribution is -0.143. The van der Waals surface area contributed by atoms with Crippen LogP contribution in [0.2, 0.25) is 0 Å². The minimum atomic E-state index is -1.23. The fourth-order valence-electron chi connectivity index (χ4n) is 4.17. The van der Waals surface area contributed by atoms with Crippen LogP contribution in [-0.4, -0.2) is 11.7 Å². The second kappa shape index (κ2) is 4.59. The van der Waals surface area contributed by atoms with Crippen LogP contribution in [0.1, 0.15) is 33.1 Å². The number of carbonyl (C=O) groups is 2. The maximum atomic E-state index is 13.9. The van der Waals surface area contributed by atoms with Crippen LogP contribution in [0, 0.1) is 28.4 Å². The number of halogens is 2. The molecular formula is C16H18F2N2O2. The van der Waals surface area contributed by atoms with Gasteiger partial charge in [-0.3, -0.25) is 9.59 Å². The van der Waals surface area contributed by atoms with Gasteiger partial charge in [-0.15, -0.1) is 0 Å². The van der Waals surface area contributed by atoms with Crippen molar-refractivity contribution in [1.82, 2.24) is 0 Å². The van der Waals surface area contributed by atoms with Crippen LogP contribution in [0.4, 0.5) is 14.5 Å². The van der Waals surface area contributed by atoms with Gasteiger partial charge in [-0.25, -0.2) is 19.6 Å². The highest BCUT2D eigenvalue weighted by Gasteiger charge is 2.69. The lowest BCUT2D eigenvalue weighted by atomic mass is 9.68. The second-order valence-corrected chi connectivity index (χ2v) is 6.74. The van der Waals surface area contributed by atoms with Gasteiger partial charge in [-0.1, -0.05) is 19.9 Å².